The predicted octanol–water partition coefficient (Wildman–Crippen LogP) is 2.88. The van der Waals surface area contributed by atoms with E-state index in [0.717, 1.165) is 22.9 Å². The van der Waals surface area contributed by atoms with Gasteiger partial charge in [-0.3, -0.25) is 0 Å². The van der Waals surface area contributed by atoms with Gasteiger partial charge in [-0.15, -0.1) is 0 Å². The molecule has 0 radical (unpaired) electrons. The van der Waals surface area contributed by atoms with E-state index in [1.165, 1.54) is 0 Å². The van der Waals surface area contributed by atoms with Crippen molar-refractivity contribution >= 4 is 16.7 Å². The molecule has 2 rings (SSSR count). The van der Waals surface area contributed by atoms with Gasteiger partial charge in [0.15, 0.2) is 0 Å². The summed E-state index contributed by atoms with van der Waals surface area (Å²) in [5.74, 6) is 0.433. The Morgan fingerprint density at radius 2 is 2.06 bits per heavy atom. The van der Waals surface area contributed by atoms with Crippen LogP contribution in [0, 0.1) is 12.8 Å². The van der Waals surface area contributed by atoms with Crippen LogP contribution in [0.3, 0.4) is 0 Å². The number of benzene rings is 1. The smallest absolute Gasteiger partial charge is 0.339 e. The van der Waals surface area contributed by atoms with Crippen LogP contribution in [0.15, 0.2) is 27.4 Å². The monoisotopic (exact) mass is 231 g/mol. The number of aryl methyl sites for hydroxylation is 1. The third-order valence-electron chi connectivity index (χ3n) is 2.92. The van der Waals surface area contributed by atoms with E-state index in [0.29, 0.717) is 17.2 Å². The van der Waals surface area contributed by atoms with Crippen molar-refractivity contribution in [2.24, 2.45) is 5.92 Å². The number of anilines is 1. The molecule has 0 aliphatic rings. The predicted molar refractivity (Wildman–Crippen MR) is 70.2 cm³/mol. The number of nitrogens with two attached hydrogens (primary N) is 1. The Morgan fingerprint density at radius 3 is 2.71 bits per heavy atom. The van der Waals surface area contributed by atoms with Crippen LogP contribution in [0.25, 0.3) is 11.0 Å². The van der Waals surface area contributed by atoms with Crippen LogP contribution in [0.1, 0.15) is 25.0 Å². The summed E-state index contributed by atoms with van der Waals surface area (Å²) < 4.78 is 5.32. The summed E-state index contributed by atoms with van der Waals surface area (Å²) in [6.45, 7) is 6.14. The lowest BCUT2D eigenvalue weighted by molar-refractivity contribution is 0.533. The fourth-order valence-electron chi connectivity index (χ4n) is 2.05. The second kappa shape index (κ2) is 4.24. The lowest BCUT2D eigenvalue weighted by atomic mass is 9.98. The molecule has 90 valence electrons. The lowest BCUT2D eigenvalue weighted by Crippen LogP contribution is -2.12. The molecule has 0 saturated heterocycles. The zero-order chi connectivity index (χ0) is 12.6. The summed E-state index contributed by atoms with van der Waals surface area (Å²) in [7, 11) is 0. The van der Waals surface area contributed by atoms with Crippen LogP contribution < -0.4 is 11.4 Å². The van der Waals surface area contributed by atoms with Crippen molar-refractivity contribution in [3.05, 3.63) is 39.7 Å². The van der Waals surface area contributed by atoms with Crippen molar-refractivity contribution in [1.82, 2.24) is 0 Å². The molecule has 0 amide bonds. The van der Waals surface area contributed by atoms with Crippen molar-refractivity contribution in [2.45, 2.75) is 27.2 Å². The maximum Gasteiger partial charge on any atom is 0.339 e. The Morgan fingerprint density at radius 1 is 1.35 bits per heavy atom. The number of hydrogen-bond acceptors (Lipinski definition) is 3. The van der Waals surface area contributed by atoms with Gasteiger partial charge in [0, 0.05) is 22.7 Å². The van der Waals surface area contributed by atoms with Gasteiger partial charge in [-0.05, 0) is 37.0 Å². The van der Waals surface area contributed by atoms with E-state index in [4.69, 9.17) is 10.2 Å². The molecule has 0 spiro atoms. The molecule has 0 atom stereocenters. The molecule has 2 N–H and O–H groups in total. The highest BCUT2D eigenvalue weighted by atomic mass is 16.4. The molecule has 17 heavy (non-hydrogen) atoms. The summed E-state index contributed by atoms with van der Waals surface area (Å²) in [5, 5.41) is 0.967. The molecule has 0 bridgehead atoms. The van der Waals surface area contributed by atoms with Crippen molar-refractivity contribution < 1.29 is 4.42 Å². The number of fused-ring (bicyclic) bond motifs is 1. The average molecular weight is 231 g/mol. The van der Waals surface area contributed by atoms with Gasteiger partial charge in [0.05, 0.1) is 0 Å². The van der Waals surface area contributed by atoms with Gasteiger partial charge < -0.3 is 10.2 Å². The molecular weight excluding hydrogens is 214 g/mol. The maximum atomic E-state index is 11.9. The normalized spacial score (nSPS) is 11.3. The molecule has 1 heterocycles. The van der Waals surface area contributed by atoms with Crippen molar-refractivity contribution in [1.29, 1.82) is 0 Å². The van der Waals surface area contributed by atoms with Gasteiger partial charge in [-0.25, -0.2) is 4.79 Å². The minimum absolute atomic E-state index is 0.241. The lowest BCUT2D eigenvalue weighted by Gasteiger charge is -2.09. The first-order chi connectivity index (χ1) is 7.99. The Hall–Kier alpha value is -1.77. The first-order valence-electron chi connectivity index (χ1n) is 5.81. The third-order valence-corrected chi connectivity index (χ3v) is 2.92. The Balaban J connectivity index is 2.72. The molecular formula is C14H17NO2. The van der Waals surface area contributed by atoms with Crippen LogP contribution in [-0.4, -0.2) is 0 Å². The van der Waals surface area contributed by atoms with Crippen LogP contribution >= 0.6 is 0 Å². The molecule has 3 heteroatoms. The zero-order valence-corrected chi connectivity index (χ0v) is 10.4. The molecule has 0 aliphatic carbocycles. The minimum Gasteiger partial charge on any atom is -0.422 e. The molecule has 3 nitrogen and oxygen atoms in total. The largest absolute Gasteiger partial charge is 0.422 e. The number of hydrogen-bond donors (Lipinski definition) is 1. The minimum atomic E-state index is -0.241. The Bertz CT molecular complexity index is 611. The van der Waals surface area contributed by atoms with Crippen LogP contribution in [0.4, 0.5) is 5.69 Å². The Labute approximate surface area is 100 Å². The quantitative estimate of drug-likeness (QED) is 0.638. The number of nitrogen functional groups attached to an aromatic ring is 1. The van der Waals surface area contributed by atoms with E-state index in [1.54, 1.807) is 6.07 Å². The summed E-state index contributed by atoms with van der Waals surface area (Å²) in [6.07, 6.45) is 0.745. The van der Waals surface area contributed by atoms with E-state index in [1.807, 2.05) is 19.1 Å². The van der Waals surface area contributed by atoms with Gasteiger partial charge in [-0.2, -0.15) is 0 Å². The summed E-state index contributed by atoms with van der Waals surface area (Å²) >= 11 is 0. The second-order valence-electron chi connectivity index (χ2n) is 4.85. The standard InChI is InChI=1S/C14H17NO2/c1-8(2)6-12-9(3)11-5-4-10(15)7-13(11)17-14(12)16/h4-5,7-8H,6,15H2,1-3H3. The van der Waals surface area contributed by atoms with E-state index in [9.17, 15) is 4.79 Å². The maximum absolute atomic E-state index is 11.9. The average Bonchev–Trinajstić information content (AvgIpc) is 2.23. The number of rotatable bonds is 2. The van der Waals surface area contributed by atoms with E-state index >= 15 is 0 Å². The third kappa shape index (κ3) is 2.18. The SMILES string of the molecule is Cc1c(CC(C)C)c(=O)oc2cc(N)ccc12. The highest BCUT2D eigenvalue weighted by molar-refractivity contribution is 5.83. The van der Waals surface area contributed by atoms with Gasteiger partial charge in [0.1, 0.15) is 5.58 Å². The van der Waals surface area contributed by atoms with Gasteiger partial charge >= 0.3 is 5.63 Å². The van der Waals surface area contributed by atoms with Gasteiger partial charge in [0.2, 0.25) is 0 Å². The molecule has 0 aliphatic heterocycles. The van der Waals surface area contributed by atoms with E-state index < -0.39 is 0 Å². The Kier molecular flexibility index (Phi) is 2.92. The fourth-order valence-corrected chi connectivity index (χ4v) is 2.05. The van der Waals surface area contributed by atoms with Crippen molar-refractivity contribution in [3.63, 3.8) is 0 Å². The summed E-state index contributed by atoms with van der Waals surface area (Å²) in [5.41, 5.74) is 8.40. The first kappa shape index (κ1) is 11.7. The topological polar surface area (TPSA) is 56.2 Å². The van der Waals surface area contributed by atoms with Crippen LogP contribution in [0.5, 0.6) is 0 Å². The second-order valence-corrected chi connectivity index (χ2v) is 4.85. The fraction of sp³-hybridized carbons (Fsp3) is 0.357. The molecule has 2 aromatic rings. The van der Waals surface area contributed by atoms with Crippen molar-refractivity contribution in [3.8, 4) is 0 Å². The van der Waals surface area contributed by atoms with Gasteiger partial charge in [0.25, 0.3) is 0 Å². The molecule has 0 saturated carbocycles. The van der Waals surface area contributed by atoms with Gasteiger partial charge in [-0.1, -0.05) is 13.8 Å². The summed E-state index contributed by atoms with van der Waals surface area (Å²) in [4.78, 5) is 11.9. The molecule has 1 aromatic heterocycles. The van der Waals surface area contributed by atoms with Crippen LogP contribution in [-0.2, 0) is 6.42 Å². The molecule has 0 fully saturated rings. The van der Waals surface area contributed by atoms with Crippen LogP contribution in [0.2, 0.25) is 0 Å². The van der Waals surface area contributed by atoms with Crippen molar-refractivity contribution in [2.75, 3.05) is 5.73 Å². The zero-order valence-electron chi connectivity index (χ0n) is 10.4. The molecule has 1 aromatic carbocycles. The summed E-state index contributed by atoms with van der Waals surface area (Å²) in [6, 6.07) is 5.43. The van der Waals surface area contributed by atoms with E-state index in [2.05, 4.69) is 13.8 Å². The first-order valence-corrected chi connectivity index (χ1v) is 5.81. The van der Waals surface area contributed by atoms with E-state index in [-0.39, 0.29) is 5.63 Å². The highest BCUT2D eigenvalue weighted by Crippen LogP contribution is 2.22. The highest BCUT2D eigenvalue weighted by Gasteiger charge is 2.12. The molecule has 0 unspecified atom stereocenters.